The normalized spacial score (nSPS) is 10.6. The van der Waals surface area contributed by atoms with Crippen molar-refractivity contribution in [1.29, 1.82) is 0 Å². The Morgan fingerprint density at radius 1 is 1.25 bits per heavy atom. The number of benzene rings is 1. The van der Waals surface area contributed by atoms with Crippen LogP contribution in [0.15, 0.2) is 29.6 Å². The molecule has 0 spiro atoms. The van der Waals surface area contributed by atoms with Gasteiger partial charge in [0.15, 0.2) is 5.13 Å². The number of amides is 1. The van der Waals surface area contributed by atoms with Gasteiger partial charge in [-0.15, -0.1) is 22.7 Å². The van der Waals surface area contributed by atoms with Crippen LogP contribution in [0, 0.1) is 13.8 Å². The number of methoxy groups -OCH3 is 1. The highest BCUT2D eigenvalue weighted by Crippen LogP contribution is 2.32. The van der Waals surface area contributed by atoms with E-state index in [2.05, 4.69) is 15.3 Å². The maximum Gasteiger partial charge on any atom is 0.230 e. The summed E-state index contributed by atoms with van der Waals surface area (Å²) in [5.41, 5.74) is 2.67. The molecule has 0 bridgehead atoms. The van der Waals surface area contributed by atoms with Crippen LogP contribution in [-0.2, 0) is 11.2 Å². The van der Waals surface area contributed by atoms with Gasteiger partial charge >= 0.3 is 0 Å². The highest BCUT2D eigenvalue weighted by molar-refractivity contribution is 7.16. The van der Waals surface area contributed by atoms with E-state index in [1.807, 2.05) is 43.5 Å². The number of ether oxygens (including phenoxy) is 1. The van der Waals surface area contributed by atoms with Gasteiger partial charge in [0, 0.05) is 10.9 Å². The number of carbonyl (C=O) groups is 1. The Morgan fingerprint density at radius 3 is 2.75 bits per heavy atom. The first-order chi connectivity index (χ1) is 11.6. The summed E-state index contributed by atoms with van der Waals surface area (Å²) in [6.07, 6.45) is 0.248. The van der Waals surface area contributed by atoms with Crippen molar-refractivity contribution in [3.8, 4) is 16.3 Å². The molecular weight excluding hydrogens is 342 g/mol. The second kappa shape index (κ2) is 7.11. The van der Waals surface area contributed by atoms with Crippen molar-refractivity contribution >= 4 is 33.7 Å². The average molecular weight is 359 g/mol. The zero-order valence-electron chi connectivity index (χ0n) is 13.6. The number of carbonyl (C=O) groups excluding carboxylic acids is 1. The van der Waals surface area contributed by atoms with Crippen molar-refractivity contribution in [2.24, 2.45) is 0 Å². The second-order valence-electron chi connectivity index (χ2n) is 5.22. The number of hydrogen-bond acceptors (Lipinski definition) is 6. The third kappa shape index (κ3) is 3.63. The van der Waals surface area contributed by atoms with Crippen molar-refractivity contribution in [2.45, 2.75) is 20.3 Å². The molecule has 0 atom stereocenters. The number of anilines is 1. The van der Waals surface area contributed by atoms with E-state index in [1.54, 1.807) is 18.4 Å². The first-order valence-electron chi connectivity index (χ1n) is 7.38. The molecule has 0 saturated carbocycles. The molecule has 0 radical (unpaired) electrons. The molecule has 7 heteroatoms. The van der Waals surface area contributed by atoms with Gasteiger partial charge in [0.25, 0.3) is 0 Å². The maximum atomic E-state index is 12.3. The number of rotatable bonds is 5. The third-order valence-electron chi connectivity index (χ3n) is 3.43. The molecule has 1 amide bonds. The molecule has 2 aromatic heterocycles. The van der Waals surface area contributed by atoms with Gasteiger partial charge in [0.05, 0.1) is 34.8 Å². The van der Waals surface area contributed by atoms with Gasteiger partial charge in [-0.25, -0.2) is 9.97 Å². The van der Waals surface area contributed by atoms with Crippen LogP contribution < -0.4 is 10.1 Å². The van der Waals surface area contributed by atoms with Crippen LogP contribution in [0.5, 0.6) is 5.75 Å². The number of aryl methyl sites for hydroxylation is 2. The number of nitrogens with zero attached hydrogens (tertiary/aromatic N) is 2. The molecule has 3 rings (SSSR count). The molecule has 0 saturated heterocycles. The molecule has 0 aliphatic rings. The molecule has 2 heterocycles. The standard InChI is InChI=1S/C17H17N3O2S2/c1-10-16(24-11(2)18-10)13-9-23-17(19-13)20-15(21)8-12-6-4-5-7-14(12)22-3/h4-7,9H,8H2,1-3H3,(H,19,20,21). The van der Waals surface area contributed by atoms with E-state index in [4.69, 9.17) is 4.74 Å². The third-order valence-corrected chi connectivity index (χ3v) is 5.28. The Labute approximate surface area is 148 Å². The van der Waals surface area contributed by atoms with Crippen LogP contribution in [0.1, 0.15) is 16.3 Å². The molecule has 5 nitrogen and oxygen atoms in total. The topological polar surface area (TPSA) is 64.1 Å². The summed E-state index contributed by atoms with van der Waals surface area (Å²) in [6.45, 7) is 3.95. The summed E-state index contributed by atoms with van der Waals surface area (Å²) in [5.74, 6) is 0.598. The predicted molar refractivity (Wildman–Crippen MR) is 98.0 cm³/mol. The number of aromatic nitrogens is 2. The smallest absolute Gasteiger partial charge is 0.230 e. The van der Waals surface area contributed by atoms with E-state index in [0.29, 0.717) is 10.9 Å². The van der Waals surface area contributed by atoms with Gasteiger partial charge in [0.2, 0.25) is 5.91 Å². The lowest BCUT2D eigenvalue weighted by atomic mass is 10.1. The lowest BCUT2D eigenvalue weighted by molar-refractivity contribution is -0.115. The molecule has 0 aliphatic carbocycles. The van der Waals surface area contributed by atoms with Crippen LogP contribution in [0.3, 0.4) is 0 Å². The quantitative estimate of drug-likeness (QED) is 0.746. The second-order valence-corrected chi connectivity index (χ2v) is 7.28. The first kappa shape index (κ1) is 16.6. The van der Waals surface area contributed by atoms with Crippen molar-refractivity contribution in [3.63, 3.8) is 0 Å². The molecule has 0 fully saturated rings. The molecular formula is C17H17N3O2S2. The molecule has 1 N–H and O–H groups in total. The summed E-state index contributed by atoms with van der Waals surface area (Å²) < 4.78 is 5.28. The Bertz CT molecular complexity index is 870. The van der Waals surface area contributed by atoms with Crippen molar-refractivity contribution in [1.82, 2.24) is 9.97 Å². The molecule has 1 aromatic carbocycles. The molecule has 0 unspecified atom stereocenters. The van der Waals surface area contributed by atoms with Crippen LogP contribution in [0.25, 0.3) is 10.6 Å². The maximum absolute atomic E-state index is 12.3. The molecule has 3 aromatic rings. The summed E-state index contributed by atoms with van der Waals surface area (Å²) >= 11 is 3.03. The van der Waals surface area contributed by atoms with Crippen molar-refractivity contribution in [3.05, 3.63) is 45.9 Å². The molecule has 0 aliphatic heterocycles. The predicted octanol–water partition coefficient (Wildman–Crippen LogP) is 4.07. The summed E-state index contributed by atoms with van der Waals surface area (Å²) in [5, 5.41) is 6.40. The van der Waals surface area contributed by atoms with Gasteiger partial charge in [-0.1, -0.05) is 18.2 Å². The average Bonchev–Trinajstić information content (AvgIpc) is 3.13. The highest BCUT2D eigenvalue weighted by atomic mass is 32.1. The minimum atomic E-state index is -0.113. The van der Waals surface area contributed by atoms with Crippen LogP contribution in [-0.4, -0.2) is 23.0 Å². The fourth-order valence-electron chi connectivity index (χ4n) is 2.39. The molecule has 24 heavy (non-hydrogen) atoms. The largest absolute Gasteiger partial charge is 0.496 e. The van der Waals surface area contributed by atoms with Crippen LogP contribution >= 0.6 is 22.7 Å². The van der Waals surface area contributed by atoms with E-state index >= 15 is 0 Å². The Hall–Kier alpha value is -2.25. The summed E-state index contributed by atoms with van der Waals surface area (Å²) in [4.78, 5) is 22.2. The Kier molecular flexibility index (Phi) is 4.92. The number of thiazole rings is 2. The fourth-order valence-corrected chi connectivity index (χ4v) is 4.06. The van der Waals surface area contributed by atoms with E-state index < -0.39 is 0 Å². The monoisotopic (exact) mass is 359 g/mol. The fraction of sp³-hybridized carbons (Fsp3) is 0.235. The number of hydrogen-bond donors (Lipinski definition) is 1. The van der Waals surface area contributed by atoms with Gasteiger partial charge in [-0.3, -0.25) is 4.79 Å². The molecule has 124 valence electrons. The lowest BCUT2D eigenvalue weighted by Crippen LogP contribution is -2.14. The summed E-state index contributed by atoms with van der Waals surface area (Å²) in [7, 11) is 1.60. The SMILES string of the molecule is COc1ccccc1CC(=O)Nc1nc(-c2sc(C)nc2C)cs1. The Balaban J connectivity index is 1.70. The lowest BCUT2D eigenvalue weighted by Gasteiger charge is -2.07. The van der Waals surface area contributed by atoms with E-state index in [0.717, 1.165) is 26.8 Å². The van der Waals surface area contributed by atoms with Gasteiger partial charge in [-0.2, -0.15) is 0 Å². The van der Waals surface area contributed by atoms with Gasteiger partial charge < -0.3 is 10.1 Å². The van der Waals surface area contributed by atoms with Crippen LogP contribution in [0.4, 0.5) is 5.13 Å². The van der Waals surface area contributed by atoms with Crippen molar-refractivity contribution < 1.29 is 9.53 Å². The van der Waals surface area contributed by atoms with E-state index in [-0.39, 0.29) is 12.3 Å². The number of para-hydroxylation sites is 1. The van der Waals surface area contributed by atoms with Gasteiger partial charge in [-0.05, 0) is 19.9 Å². The van der Waals surface area contributed by atoms with Crippen molar-refractivity contribution in [2.75, 3.05) is 12.4 Å². The minimum Gasteiger partial charge on any atom is -0.496 e. The summed E-state index contributed by atoms with van der Waals surface area (Å²) in [6, 6.07) is 7.50. The van der Waals surface area contributed by atoms with Gasteiger partial charge in [0.1, 0.15) is 5.75 Å². The first-order valence-corrected chi connectivity index (χ1v) is 9.08. The van der Waals surface area contributed by atoms with E-state index in [1.165, 1.54) is 11.3 Å². The minimum absolute atomic E-state index is 0.113. The Morgan fingerprint density at radius 2 is 2.04 bits per heavy atom. The van der Waals surface area contributed by atoms with Crippen LogP contribution in [0.2, 0.25) is 0 Å². The zero-order valence-corrected chi connectivity index (χ0v) is 15.3. The zero-order chi connectivity index (χ0) is 17.1. The highest BCUT2D eigenvalue weighted by Gasteiger charge is 2.14. The number of nitrogens with one attached hydrogen (secondary N) is 1. The van der Waals surface area contributed by atoms with E-state index in [9.17, 15) is 4.79 Å².